The summed E-state index contributed by atoms with van der Waals surface area (Å²) in [5, 5.41) is 0.433. The van der Waals surface area contributed by atoms with E-state index in [0.29, 0.717) is 40.6 Å². The zero-order valence-electron chi connectivity index (χ0n) is 7.91. The summed E-state index contributed by atoms with van der Waals surface area (Å²) in [5.74, 6) is 0. The van der Waals surface area contributed by atoms with E-state index in [-0.39, 0.29) is 0 Å². The van der Waals surface area contributed by atoms with Crippen LogP contribution in [0.25, 0.3) is 0 Å². The summed E-state index contributed by atoms with van der Waals surface area (Å²) in [5.41, 5.74) is 0.841. The third-order valence-corrected chi connectivity index (χ3v) is 6.35. The summed E-state index contributed by atoms with van der Waals surface area (Å²) >= 11 is 6.57. The van der Waals surface area contributed by atoms with Gasteiger partial charge in [-0.15, -0.1) is 11.6 Å². The molecule has 2 heterocycles. The van der Waals surface area contributed by atoms with E-state index in [2.05, 4.69) is 0 Å². The standard InChI is InChI=1S/C11H13ClO2/c12-9-10-1-5-6(13-5)3-11(9,10)4-8-7(2-10)14-8/h5-9H,1-4H2. The Hall–Kier alpha value is 0.210. The van der Waals surface area contributed by atoms with Crippen LogP contribution in [0.3, 0.4) is 0 Å². The van der Waals surface area contributed by atoms with Crippen LogP contribution in [0.1, 0.15) is 25.7 Å². The molecule has 0 radical (unpaired) electrons. The number of epoxide rings is 2. The molecule has 76 valence electrons. The van der Waals surface area contributed by atoms with E-state index in [1.165, 1.54) is 25.7 Å². The van der Waals surface area contributed by atoms with Crippen LogP contribution in [0.15, 0.2) is 0 Å². The molecule has 2 saturated heterocycles. The Morgan fingerprint density at radius 1 is 0.786 bits per heavy atom. The monoisotopic (exact) mass is 212 g/mol. The normalized spacial score (nSPS) is 76.5. The van der Waals surface area contributed by atoms with Crippen LogP contribution in [0, 0.1) is 10.8 Å². The van der Waals surface area contributed by atoms with Gasteiger partial charge in [-0.1, -0.05) is 0 Å². The molecule has 4 atom stereocenters. The lowest BCUT2D eigenvalue weighted by atomic mass is 9.71. The summed E-state index contributed by atoms with van der Waals surface area (Å²) < 4.78 is 11.3. The van der Waals surface area contributed by atoms with Crippen LogP contribution in [-0.4, -0.2) is 29.8 Å². The minimum Gasteiger partial charge on any atom is -0.370 e. The van der Waals surface area contributed by atoms with Gasteiger partial charge in [0.05, 0.1) is 24.4 Å². The topological polar surface area (TPSA) is 25.1 Å². The molecule has 0 aromatic rings. The van der Waals surface area contributed by atoms with Crippen LogP contribution in [-0.2, 0) is 9.47 Å². The molecule has 5 fully saturated rings. The van der Waals surface area contributed by atoms with Gasteiger partial charge in [-0.3, -0.25) is 0 Å². The zero-order valence-corrected chi connectivity index (χ0v) is 8.67. The van der Waals surface area contributed by atoms with Crippen molar-refractivity contribution in [2.45, 2.75) is 55.5 Å². The molecule has 5 aliphatic rings. The van der Waals surface area contributed by atoms with Crippen molar-refractivity contribution in [1.82, 2.24) is 0 Å². The Bertz CT molecular complexity index is 290. The lowest BCUT2D eigenvalue weighted by Crippen LogP contribution is -2.30. The van der Waals surface area contributed by atoms with Crippen LogP contribution >= 0.6 is 11.6 Å². The molecular formula is C11H13ClO2. The maximum absolute atomic E-state index is 6.57. The first-order valence-electron chi connectivity index (χ1n) is 5.70. The van der Waals surface area contributed by atoms with Gasteiger partial charge in [-0.05, 0) is 36.5 Å². The van der Waals surface area contributed by atoms with Crippen molar-refractivity contribution in [3.8, 4) is 0 Å². The number of hydrogen-bond donors (Lipinski definition) is 0. The second-order valence-electron chi connectivity index (χ2n) is 5.92. The van der Waals surface area contributed by atoms with E-state index in [0.717, 1.165) is 0 Å². The smallest absolute Gasteiger partial charge is 0.0848 e. The molecule has 0 amide bonds. The number of ether oxygens (including phenoxy) is 2. The van der Waals surface area contributed by atoms with Crippen molar-refractivity contribution in [1.29, 1.82) is 0 Å². The van der Waals surface area contributed by atoms with Crippen molar-refractivity contribution in [2.75, 3.05) is 0 Å². The van der Waals surface area contributed by atoms with Gasteiger partial charge in [0.1, 0.15) is 0 Å². The second-order valence-corrected chi connectivity index (χ2v) is 6.35. The van der Waals surface area contributed by atoms with Crippen LogP contribution in [0.4, 0.5) is 0 Å². The third kappa shape index (κ3) is 0.585. The summed E-state index contributed by atoms with van der Waals surface area (Å²) in [7, 11) is 0. The fraction of sp³-hybridized carbons (Fsp3) is 1.00. The first-order chi connectivity index (χ1) is 6.75. The molecule has 3 aliphatic carbocycles. The first-order valence-corrected chi connectivity index (χ1v) is 6.14. The molecule has 2 aliphatic heterocycles. The second kappa shape index (κ2) is 1.79. The maximum Gasteiger partial charge on any atom is 0.0848 e. The van der Waals surface area contributed by atoms with E-state index < -0.39 is 0 Å². The quantitative estimate of drug-likeness (QED) is 0.451. The lowest BCUT2D eigenvalue weighted by Gasteiger charge is -2.29. The molecule has 0 aromatic carbocycles. The first kappa shape index (κ1) is 7.48. The molecule has 4 unspecified atom stereocenters. The third-order valence-electron chi connectivity index (χ3n) is 5.52. The van der Waals surface area contributed by atoms with Crippen molar-refractivity contribution in [3.63, 3.8) is 0 Å². The van der Waals surface area contributed by atoms with Crippen molar-refractivity contribution in [2.24, 2.45) is 10.8 Å². The molecule has 5 rings (SSSR count). The van der Waals surface area contributed by atoms with Gasteiger partial charge < -0.3 is 9.47 Å². The van der Waals surface area contributed by atoms with E-state index in [9.17, 15) is 0 Å². The highest BCUT2D eigenvalue weighted by Crippen LogP contribution is 2.83. The molecule has 3 saturated carbocycles. The Morgan fingerprint density at radius 3 is 1.50 bits per heavy atom. The van der Waals surface area contributed by atoms with Crippen molar-refractivity contribution in [3.05, 3.63) is 0 Å². The Balaban J connectivity index is 1.62. The van der Waals surface area contributed by atoms with Gasteiger partial charge in [0.15, 0.2) is 0 Å². The molecule has 3 heteroatoms. The van der Waals surface area contributed by atoms with E-state index in [1.807, 2.05) is 0 Å². The number of halogens is 1. The van der Waals surface area contributed by atoms with Crippen LogP contribution in [0.5, 0.6) is 0 Å². The van der Waals surface area contributed by atoms with Gasteiger partial charge in [0.2, 0.25) is 0 Å². The lowest BCUT2D eigenvalue weighted by molar-refractivity contribution is 0.211. The molecule has 0 bridgehead atoms. The predicted octanol–water partition coefficient (Wildman–Crippen LogP) is 1.70. The Morgan fingerprint density at radius 2 is 1.14 bits per heavy atom. The van der Waals surface area contributed by atoms with E-state index in [4.69, 9.17) is 21.1 Å². The van der Waals surface area contributed by atoms with E-state index in [1.54, 1.807) is 0 Å². The molecule has 2 nitrogen and oxygen atoms in total. The van der Waals surface area contributed by atoms with Gasteiger partial charge in [-0.2, -0.15) is 0 Å². The number of fused-ring (bicyclic) bond motifs is 2. The molecule has 14 heavy (non-hydrogen) atoms. The number of hydrogen-bond acceptors (Lipinski definition) is 2. The fourth-order valence-electron chi connectivity index (χ4n) is 4.58. The summed E-state index contributed by atoms with van der Waals surface area (Å²) in [6.07, 6.45) is 7.11. The van der Waals surface area contributed by atoms with Crippen LogP contribution < -0.4 is 0 Å². The average Bonchev–Trinajstić information content (AvgIpc) is 3.04. The molecular weight excluding hydrogens is 200 g/mol. The largest absolute Gasteiger partial charge is 0.370 e. The molecule has 0 N–H and O–H groups in total. The minimum absolute atomic E-state index is 0.421. The van der Waals surface area contributed by atoms with Gasteiger partial charge in [0.25, 0.3) is 0 Å². The SMILES string of the molecule is ClC1C23CC4OC4CC12CC1OC1C3. The maximum atomic E-state index is 6.57. The van der Waals surface area contributed by atoms with Crippen LogP contribution in [0.2, 0.25) is 0 Å². The molecule has 0 aromatic heterocycles. The van der Waals surface area contributed by atoms with E-state index >= 15 is 0 Å². The van der Waals surface area contributed by atoms with Gasteiger partial charge in [0, 0.05) is 5.38 Å². The fourth-order valence-corrected chi connectivity index (χ4v) is 5.31. The average molecular weight is 213 g/mol. The summed E-state index contributed by atoms with van der Waals surface area (Å²) in [6.45, 7) is 0. The highest BCUT2D eigenvalue weighted by molar-refractivity contribution is 6.24. The highest BCUT2D eigenvalue weighted by Gasteiger charge is 2.84. The Labute approximate surface area is 87.9 Å². The highest BCUT2D eigenvalue weighted by atomic mass is 35.5. The number of rotatable bonds is 0. The summed E-state index contributed by atoms with van der Waals surface area (Å²) in [4.78, 5) is 0. The predicted molar refractivity (Wildman–Crippen MR) is 50.3 cm³/mol. The molecule has 0 spiro atoms. The number of alkyl halides is 1. The van der Waals surface area contributed by atoms with Crippen molar-refractivity contribution >= 4 is 11.6 Å². The van der Waals surface area contributed by atoms with Gasteiger partial charge in [-0.25, -0.2) is 0 Å². The van der Waals surface area contributed by atoms with Crippen molar-refractivity contribution < 1.29 is 9.47 Å². The zero-order chi connectivity index (χ0) is 9.13. The Kier molecular flexibility index (Phi) is 0.954. The minimum atomic E-state index is 0.421. The summed E-state index contributed by atoms with van der Waals surface area (Å²) in [6, 6.07) is 0. The van der Waals surface area contributed by atoms with Gasteiger partial charge >= 0.3 is 0 Å².